The second-order valence-electron chi connectivity index (χ2n) is 1.67. The quantitative estimate of drug-likeness (QED) is 0.598. The zero-order valence-electron chi connectivity index (χ0n) is 4.98. The Labute approximate surface area is 58.8 Å². The van der Waals surface area contributed by atoms with Crippen molar-refractivity contribution in [2.75, 3.05) is 0 Å². The molecule has 0 bridgehead atoms. The summed E-state index contributed by atoms with van der Waals surface area (Å²) in [5.74, 6) is 0. The molecule has 1 aromatic rings. The van der Waals surface area contributed by atoms with Gasteiger partial charge in [-0.05, 0) is 12.1 Å². The van der Waals surface area contributed by atoms with Gasteiger partial charge in [-0.2, -0.15) is 0 Å². The summed E-state index contributed by atoms with van der Waals surface area (Å²) in [6, 6.07) is 2.53. The van der Waals surface area contributed by atoms with Gasteiger partial charge in [0.25, 0.3) is 0 Å². The number of aromatic nitrogens is 1. The monoisotopic (exact) mass is 157 g/mol. The van der Waals surface area contributed by atoms with Crippen LogP contribution in [-0.4, -0.2) is 13.4 Å². The first-order valence-electron chi connectivity index (χ1n) is 2.45. The number of hydrogen-bond acceptors (Lipinski definition) is 3. The summed E-state index contributed by atoms with van der Waals surface area (Å²) in [6.45, 7) is 0. The maximum Gasteiger partial charge on any atom is 0.238 e. The highest BCUT2D eigenvalue weighted by Crippen LogP contribution is 2.00. The zero-order valence-corrected chi connectivity index (χ0v) is 5.80. The number of pyridine rings is 1. The molecule has 0 spiro atoms. The van der Waals surface area contributed by atoms with Crippen molar-refractivity contribution in [2.24, 2.45) is 5.14 Å². The van der Waals surface area contributed by atoms with E-state index in [-0.39, 0.29) is 4.90 Å². The summed E-state index contributed by atoms with van der Waals surface area (Å²) >= 11 is 0. The molecule has 0 saturated heterocycles. The maximum atomic E-state index is 10.6. The van der Waals surface area contributed by atoms with E-state index in [2.05, 4.69) is 11.2 Å². The number of hydrogen-bond donors (Lipinski definition) is 1. The topological polar surface area (TPSA) is 73.1 Å². The lowest BCUT2D eigenvalue weighted by molar-refractivity contribution is 0.597. The fraction of sp³-hybridized carbons (Fsp3) is 0. The van der Waals surface area contributed by atoms with E-state index in [1.54, 1.807) is 0 Å². The molecule has 0 fully saturated rings. The fourth-order valence-corrected chi connectivity index (χ4v) is 0.947. The van der Waals surface area contributed by atoms with Gasteiger partial charge in [-0.25, -0.2) is 13.6 Å². The summed E-state index contributed by atoms with van der Waals surface area (Å²) in [6.07, 6.45) is 3.68. The van der Waals surface area contributed by atoms with Crippen molar-refractivity contribution in [1.82, 2.24) is 4.98 Å². The number of nitrogens with zero attached hydrogens (tertiary/aromatic N) is 1. The van der Waals surface area contributed by atoms with Crippen molar-refractivity contribution in [1.29, 1.82) is 0 Å². The maximum absolute atomic E-state index is 10.6. The van der Waals surface area contributed by atoms with Gasteiger partial charge in [0, 0.05) is 6.20 Å². The molecule has 0 aliphatic carbocycles. The Kier molecular flexibility index (Phi) is 1.69. The van der Waals surface area contributed by atoms with Gasteiger partial charge < -0.3 is 0 Å². The first-order valence-corrected chi connectivity index (χ1v) is 4.00. The third-order valence-electron chi connectivity index (χ3n) is 0.923. The molecular weight excluding hydrogens is 152 g/mol. The summed E-state index contributed by atoms with van der Waals surface area (Å²) in [5.41, 5.74) is 0. The van der Waals surface area contributed by atoms with Gasteiger partial charge in [0.15, 0.2) is 0 Å². The number of primary sulfonamides is 1. The molecule has 10 heavy (non-hydrogen) atoms. The van der Waals surface area contributed by atoms with E-state index in [1.807, 2.05) is 0 Å². The van der Waals surface area contributed by atoms with Crippen LogP contribution in [0.4, 0.5) is 0 Å². The van der Waals surface area contributed by atoms with E-state index in [4.69, 9.17) is 5.14 Å². The minimum Gasteiger partial charge on any atom is -0.255 e. The predicted molar refractivity (Wildman–Crippen MR) is 34.4 cm³/mol. The molecular formula is C5H5N2O2S. The third-order valence-corrected chi connectivity index (χ3v) is 1.83. The lowest BCUT2D eigenvalue weighted by Crippen LogP contribution is -2.11. The van der Waals surface area contributed by atoms with Crippen LogP contribution in [0.1, 0.15) is 0 Å². The zero-order chi connectivity index (χ0) is 7.61. The van der Waals surface area contributed by atoms with Crippen LogP contribution in [0.15, 0.2) is 23.2 Å². The van der Waals surface area contributed by atoms with Gasteiger partial charge in [0.1, 0.15) is 0 Å². The molecule has 2 N–H and O–H groups in total. The number of rotatable bonds is 1. The normalized spacial score (nSPS) is 11.3. The SMILES string of the molecule is NS(=O)(=O)c1c[c]ncc1. The molecule has 0 aromatic carbocycles. The average molecular weight is 157 g/mol. The van der Waals surface area contributed by atoms with Crippen LogP contribution >= 0.6 is 0 Å². The van der Waals surface area contributed by atoms with Gasteiger partial charge in [0.2, 0.25) is 10.0 Å². The fourth-order valence-electron chi connectivity index (χ4n) is 0.480. The van der Waals surface area contributed by atoms with E-state index in [1.165, 1.54) is 18.3 Å². The standard InChI is InChI=1S/C5H5N2O2S/c6-10(8,9)5-1-3-7-4-2-5/h1-3H,(H2,6,8,9). The Bertz CT molecular complexity index is 306. The van der Waals surface area contributed by atoms with Crippen molar-refractivity contribution in [3.05, 3.63) is 24.5 Å². The van der Waals surface area contributed by atoms with Gasteiger partial charge in [0.05, 0.1) is 11.1 Å². The summed E-state index contributed by atoms with van der Waals surface area (Å²) in [5, 5.41) is 4.78. The van der Waals surface area contributed by atoms with Crippen LogP contribution in [0.5, 0.6) is 0 Å². The third kappa shape index (κ3) is 1.52. The van der Waals surface area contributed by atoms with Crippen molar-refractivity contribution in [2.45, 2.75) is 4.90 Å². The molecule has 53 valence electrons. The van der Waals surface area contributed by atoms with Gasteiger partial charge in [-0.1, -0.05) is 0 Å². The molecule has 0 aliphatic rings. The van der Waals surface area contributed by atoms with Gasteiger partial charge in [-0.15, -0.1) is 0 Å². The van der Waals surface area contributed by atoms with E-state index in [0.717, 1.165) is 0 Å². The number of sulfonamides is 1. The molecule has 0 unspecified atom stereocenters. The second-order valence-corrected chi connectivity index (χ2v) is 3.23. The molecule has 4 nitrogen and oxygen atoms in total. The van der Waals surface area contributed by atoms with Crippen LogP contribution < -0.4 is 5.14 Å². The van der Waals surface area contributed by atoms with Gasteiger partial charge >= 0.3 is 0 Å². The van der Waals surface area contributed by atoms with Crippen molar-refractivity contribution >= 4 is 10.0 Å². The molecule has 1 radical (unpaired) electrons. The highest BCUT2D eigenvalue weighted by Gasteiger charge is 2.04. The Balaban J connectivity index is 3.22. The highest BCUT2D eigenvalue weighted by atomic mass is 32.2. The van der Waals surface area contributed by atoms with Crippen molar-refractivity contribution in [3.63, 3.8) is 0 Å². The molecule has 0 atom stereocenters. The predicted octanol–water partition coefficient (Wildman–Crippen LogP) is -0.471. The van der Waals surface area contributed by atoms with Crippen LogP contribution in [0.25, 0.3) is 0 Å². The molecule has 1 aromatic heterocycles. The van der Waals surface area contributed by atoms with Crippen LogP contribution in [0, 0.1) is 6.20 Å². The van der Waals surface area contributed by atoms with E-state index < -0.39 is 10.0 Å². The largest absolute Gasteiger partial charge is 0.255 e. The van der Waals surface area contributed by atoms with Gasteiger partial charge in [-0.3, -0.25) is 4.98 Å². The van der Waals surface area contributed by atoms with Crippen LogP contribution in [0.3, 0.4) is 0 Å². The first-order chi connectivity index (χ1) is 4.61. The molecule has 5 heteroatoms. The molecule has 0 amide bonds. The Hall–Kier alpha value is -0.940. The minimum atomic E-state index is -3.57. The number of nitrogens with two attached hydrogens (primary N) is 1. The molecule has 1 heterocycles. The Morgan fingerprint density at radius 1 is 1.60 bits per heavy atom. The van der Waals surface area contributed by atoms with Crippen molar-refractivity contribution in [3.8, 4) is 0 Å². The second kappa shape index (κ2) is 2.36. The van der Waals surface area contributed by atoms with Crippen LogP contribution in [0.2, 0.25) is 0 Å². The minimum absolute atomic E-state index is 0.0301. The molecule has 0 aliphatic heterocycles. The average Bonchev–Trinajstić information content (AvgIpc) is 1.88. The Morgan fingerprint density at radius 2 is 2.30 bits per heavy atom. The summed E-state index contributed by atoms with van der Waals surface area (Å²) in [7, 11) is -3.57. The molecule has 0 saturated carbocycles. The van der Waals surface area contributed by atoms with Crippen molar-refractivity contribution < 1.29 is 8.42 Å². The van der Waals surface area contributed by atoms with E-state index in [9.17, 15) is 8.42 Å². The lowest BCUT2D eigenvalue weighted by Gasteiger charge is -1.92. The lowest BCUT2D eigenvalue weighted by atomic mass is 10.5. The molecule has 1 rings (SSSR count). The smallest absolute Gasteiger partial charge is 0.238 e. The van der Waals surface area contributed by atoms with E-state index in [0.29, 0.717) is 0 Å². The van der Waals surface area contributed by atoms with Crippen LogP contribution in [-0.2, 0) is 10.0 Å². The first kappa shape index (κ1) is 7.17. The summed E-state index contributed by atoms with van der Waals surface area (Å²) in [4.78, 5) is 3.54. The van der Waals surface area contributed by atoms with E-state index >= 15 is 0 Å². The Morgan fingerprint density at radius 3 is 2.60 bits per heavy atom. The highest BCUT2D eigenvalue weighted by molar-refractivity contribution is 7.89. The summed E-state index contributed by atoms with van der Waals surface area (Å²) < 4.78 is 21.1.